The summed E-state index contributed by atoms with van der Waals surface area (Å²) in [5.41, 5.74) is 0.481. The predicted molar refractivity (Wildman–Crippen MR) is 148 cm³/mol. The Kier molecular flexibility index (Phi) is 9.18. The first-order valence-corrected chi connectivity index (χ1v) is 15.2. The minimum Gasteiger partial charge on any atom is -0.381 e. The third-order valence-electron chi connectivity index (χ3n) is 10.3. The maximum absolute atomic E-state index is 14.1. The van der Waals surface area contributed by atoms with Crippen LogP contribution in [0.15, 0.2) is 12.4 Å². The first kappa shape index (κ1) is 28.8. The van der Waals surface area contributed by atoms with Gasteiger partial charge in [0.2, 0.25) is 11.5 Å². The summed E-state index contributed by atoms with van der Waals surface area (Å²) in [6.07, 6.45) is 11.9. The number of hydrogen-bond acceptors (Lipinski definition) is 5. The van der Waals surface area contributed by atoms with Gasteiger partial charge in [-0.25, -0.2) is 4.39 Å². The van der Waals surface area contributed by atoms with Crippen LogP contribution in [0.2, 0.25) is 0 Å². The first-order valence-electron chi connectivity index (χ1n) is 15.2. The number of methoxy groups -OCH3 is 2. The Bertz CT molecular complexity index is 1010. The molecule has 9 heteroatoms. The normalized spacial score (nSPS) is 38.3. The molecule has 9 unspecified atom stereocenters. The zero-order valence-electron chi connectivity index (χ0n) is 24.3. The largest absolute Gasteiger partial charge is 0.381 e. The molecule has 1 aromatic heterocycles. The highest BCUT2D eigenvalue weighted by atomic mass is 19.1. The minimum atomic E-state index is -0.790. The maximum Gasteiger partial charge on any atom is 0.223 e. The van der Waals surface area contributed by atoms with Gasteiger partial charge >= 0.3 is 0 Å². The van der Waals surface area contributed by atoms with Gasteiger partial charge in [-0.3, -0.25) is 10.2 Å². The minimum absolute atomic E-state index is 0.0642. The summed E-state index contributed by atoms with van der Waals surface area (Å²) in [6, 6.07) is 0.406. The lowest BCUT2D eigenvalue weighted by Crippen LogP contribution is -2.53. The van der Waals surface area contributed by atoms with Crippen LogP contribution in [-0.4, -0.2) is 66.3 Å². The van der Waals surface area contributed by atoms with Crippen molar-refractivity contribution in [2.24, 2.45) is 42.6 Å². The average Bonchev–Trinajstić information content (AvgIpc) is 3.73. The summed E-state index contributed by atoms with van der Waals surface area (Å²) < 4.78 is 29.5. The highest BCUT2D eigenvalue weighted by molar-refractivity contribution is 5.79. The van der Waals surface area contributed by atoms with Crippen molar-refractivity contribution in [3.05, 3.63) is 18.0 Å². The van der Waals surface area contributed by atoms with Crippen LogP contribution in [0.1, 0.15) is 64.7 Å². The fourth-order valence-electron chi connectivity index (χ4n) is 8.11. The van der Waals surface area contributed by atoms with E-state index in [1.165, 1.54) is 12.8 Å². The molecule has 3 saturated carbocycles. The van der Waals surface area contributed by atoms with E-state index < -0.39 is 6.17 Å². The molecule has 3 N–H and O–H groups in total. The van der Waals surface area contributed by atoms with Crippen molar-refractivity contribution in [3.63, 3.8) is 0 Å². The molecule has 1 amide bonds. The van der Waals surface area contributed by atoms with Gasteiger partial charge in [0.1, 0.15) is 6.17 Å². The van der Waals surface area contributed by atoms with E-state index >= 15 is 0 Å². The zero-order chi connectivity index (χ0) is 27.7. The number of aryl methyl sites for hydroxylation is 1. The molecule has 2 heterocycles. The number of ether oxygens (including phenoxy) is 2. The Morgan fingerprint density at radius 3 is 2.38 bits per heavy atom. The van der Waals surface area contributed by atoms with Gasteiger partial charge in [-0.2, -0.15) is 0 Å². The van der Waals surface area contributed by atoms with Crippen molar-refractivity contribution in [1.29, 1.82) is 5.41 Å². The third kappa shape index (κ3) is 6.79. The number of alkyl halides is 1. The first-order chi connectivity index (χ1) is 18.7. The lowest BCUT2D eigenvalue weighted by atomic mass is 9.68. The van der Waals surface area contributed by atoms with Crippen LogP contribution in [0.5, 0.6) is 0 Å². The summed E-state index contributed by atoms with van der Waals surface area (Å²) in [7, 11) is 5.46. The van der Waals surface area contributed by atoms with Gasteiger partial charge in [0.15, 0.2) is 0 Å². The maximum atomic E-state index is 14.1. The van der Waals surface area contributed by atoms with Crippen molar-refractivity contribution in [3.8, 4) is 0 Å². The van der Waals surface area contributed by atoms with Crippen LogP contribution in [0.25, 0.3) is 0 Å². The Labute approximate surface area is 232 Å². The van der Waals surface area contributed by atoms with E-state index in [2.05, 4.69) is 17.6 Å². The molecular weight excluding hydrogens is 497 g/mol. The number of carbonyl (C=O) groups excluding carboxylic acids is 1. The second-order valence-corrected chi connectivity index (χ2v) is 13.2. The van der Waals surface area contributed by atoms with Gasteiger partial charge in [-0.05, 0) is 87.4 Å². The number of nitrogens with one attached hydrogen (secondary N) is 3. The van der Waals surface area contributed by atoms with E-state index in [9.17, 15) is 9.18 Å². The van der Waals surface area contributed by atoms with Crippen molar-refractivity contribution in [2.75, 3.05) is 20.8 Å². The molecule has 1 aromatic rings. The van der Waals surface area contributed by atoms with E-state index in [0.717, 1.165) is 45.1 Å². The lowest BCUT2D eigenvalue weighted by Gasteiger charge is -2.44. The second-order valence-electron chi connectivity index (χ2n) is 13.2. The molecule has 220 valence electrons. The molecule has 4 aliphatic rings. The van der Waals surface area contributed by atoms with Crippen molar-refractivity contribution in [1.82, 2.24) is 19.8 Å². The molecule has 8 nitrogen and oxygen atoms in total. The van der Waals surface area contributed by atoms with Crippen molar-refractivity contribution >= 4 is 5.91 Å². The van der Waals surface area contributed by atoms with Gasteiger partial charge in [0.05, 0.1) is 12.2 Å². The van der Waals surface area contributed by atoms with Gasteiger partial charge < -0.3 is 29.2 Å². The van der Waals surface area contributed by atoms with E-state index in [0.29, 0.717) is 42.3 Å². The van der Waals surface area contributed by atoms with Gasteiger partial charge in [-0.1, -0.05) is 6.92 Å². The molecule has 1 saturated heterocycles. The molecule has 0 aromatic carbocycles. The lowest BCUT2D eigenvalue weighted by molar-refractivity contribution is -0.129. The quantitative estimate of drug-likeness (QED) is 0.442. The zero-order valence-corrected chi connectivity index (χ0v) is 24.3. The van der Waals surface area contributed by atoms with E-state index in [1.807, 2.05) is 28.6 Å². The molecule has 0 spiro atoms. The van der Waals surface area contributed by atoms with Gasteiger partial charge in [-0.15, -0.1) is 0 Å². The molecule has 4 fully saturated rings. The van der Waals surface area contributed by atoms with Crippen LogP contribution >= 0.6 is 0 Å². The Morgan fingerprint density at radius 1 is 1.08 bits per heavy atom. The molecule has 5 rings (SSSR count). The Balaban J connectivity index is 1.31. The predicted octanol–water partition coefficient (Wildman–Crippen LogP) is 3.40. The molecule has 0 radical (unpaired) electrons. The van der Waals surface area contributed by atoms with Gasteiger partial charge in [0, 0.05) is 64.8 Å². The molecule has 3 aliphatic carbocycles. The highest BCUT2D eigenvalue weighted by Gasteiger charge is 2.44. The average molecular weight is 548 g/mol. The highest BCUT2D eigenvalue weighted by Crippen LogP contribution is 2.43. The molecular formula is C30H50FN5O3. The fourth-order valence-corrected chi connectivity index (χ4v) is 8.11. The summed E-state index contributed by atoms with van der Waals surface area (Å²) in [6.45, 7) is 3.30. The number of carbonyl (C=O) groups is 1. The van der Waals surface area contributed by atoms with Crippen molar-refractivity contribution < 1.29 is 18.7 Å². The Hall–Kier alpha value is -1.71. The number of imidazole rings is 1. The van der Waals surface area contributed by atoms with Crippen LogP contribution in [0.4, 0.5) is 4.39 Å². The summed E-state index contributed by atoms with van der Waals surface area (Å²) >= 11 is 0. The van der Waals surface area contributed by atoms with Crippen LogP contribution < -0.4 is 16.3 Å². The summed E-state index contributed by atoms with van der Waals surface area (Å²) in [5, 5.41) is 15.5. The van der Waals surface area contributed by atoms with E-state index in [1.54, 1.807) is 14.2 Å². The number of aromatic nitrogens is 2. The van der Waals surface area contributed by atoms with Crippen LogP contribution in [0.3, 0.4) is 0 Å². The third-order valence-corrected chi connectivity index (χ3v) is 10.3. The molecule has 39 heavy (non-hydrogen) atoms. The molecule has 9 atom stereocenters. The summed E-state index contributed by atoms with van der Waals surface area (Å²) in [4.78, 5) is 14.0. The number of nitrogens with zero attached hydrogens (tertiary/aromatic N) is 2. The number of rotatable bonds is 9. The SMILES string of the molecule is COC1CC(OC)CC(C(NC(=O)C2CC(Cn3ccn(C)c3=N)CC(C3NCC(F)CC3C)C2)C2CC2)C1. The fraction of sp³-hybridized carbons (Fsp3) is 0.867. The van der Waals surface area contributed by atoms with Crippen LogP contribution in [0, 0.1) is 40.9 Å². The number of hydrogen-bond donors (Lipinski definition) is 3. The Morgan fingerprint density at radius 2 is 1.79 bits per heavy atom. The van der Waals surface area contributed by atoms with Crippen molar-refractivity contribution in [2.45, 2.75) is 102 Å². The van der Waals surface area contributed by atoms with E-state index in [-0.39, 0.29) is 42.0 Å². The second kappa shape index (κ2) is 12.4. The molecule has 0 bridgehead atoms. The van der Waals surface area contributed by atoms with Crippen LogP contribution in [-0.2, 0) is 27.9 Å². The molecule has 1 aliphatic heterocycles. The monoisotopic (exact) mass is 547 g/mol. The summed E-state index contributed by atoms with van der Waals surface area (Å²) in [5.74, 6) is 1.91. The standard InChI is InChI=1S/C30H50FN5O3/c1-18-9-24(31)16-33-27(18)21-10-19(17-36-8-7-35(2)30(36)32)11-23(12-21)29(37)34-28(20-5-6-20)22-13-25(38-3)15-26(14-22)39-4/h7-8,18-28,32-33H,5-6,9-17H2,1-4H3,(H,34,37). The van der Waals surface area contributed by atoms with E-state index in [4.69, 9.17) is 14.9 Å². The smallest absolute Gasteiger partial charge is 0.223 e. The topological polar surface area (TPSA) is 93.3 Å². The number of piperidine rings is 1. The number of amides is 1. The number of halogens is 1. The van der Waals surface area contributed by atoms with Gasteiger partial charge in [0.25, 0.3) is 0 Å².